The molecule has 0 unspecified atom stereocenters. The van der Waals surface area contributed by atoms with E-state index in [1.807, 2.05) is 4.57 Å². The zero-order valence-electron chi connectivity index (χ0n) is 15.5. The number of aliphatic hydroxyl groups is 1. The van der Waals surface area contributed by atoms with Crippen LogP contribution in [0.15, 0.2) is 11.1 Å². The third kappa shape index (κ3) is 2.24. The fourth-order valence-corrected chi connectivity index (χ4v) is 4.76. The second-order valence-electron chi connectivity index (χ2n) is 8.05. The van der Waals surface area contributed by atoms with E-state index in [-0.39, 0.29) is 40.7 Å². The van der Waals surface area contributed by atoms with Crippen LogP contribution >= 0.6 is 0 Å². The van der Waals surface area contributed by atoms with Crippen molar-refractivity contribution < 1.29 is 9.90 Å². The van der Waals surface area contributed by atoms with Gasteiger partial charge >= 0.3 is 0 Å². The van der Waals surface area contributed by atoms with Gasteiger partial charge in [0.15, 0.2) is 11.2 Å². The fourth-order valence-electron chi connectivity index (χ4n) is 4.76. The monoisotopic (exact) mass is 359 g/mol. The predicted octanol–water partition coefficient (Wildman–Crippen LogP) is 1.68. The summed E-state index contributed by atoms with van der Waals surface area (Å²) in [6.45, 7) is 7.80. The summed E-state index contributed by atoms with van der Waals surface area (Å²) in [4.78, 5) is 35.5. The molecule has 2 aliphatic carbocycles. The third-order valence-electron chi connectivity index (χ3n) is 6.54. The minimum Gasteiger partial charge on any atom is -0.391 e. The second-order valence-corrected chi connectivity index (χ2v) is 8.05. The maximum absolute atomic E-state index is 12.4. The smallest absolute Gasteiger partial charge is 0.280 e. The molecule has 0 aliphatic heterocycles. The highest BCUT2D eigenvalue weighted by Crippen LogP contribution is 2.71. The molecular weight excluding hydrogens is 334 g/mol. The van der Waals surface area contributed by atoms with Crippen LogP contribution in [-0.2, 0) is 4.79 Å². The van der Waals surface area contributed by atoms with E-state index >= 15 is 0 Å². The van der Waals surface area contributed by atoms with Crippen molar-refractivity contribution in [1.29, 1.82) is 0 Å². The summed E-state index contributed by atoms with van der Waals surface area (Å²) in [5.41, 5.74) is 0.409. The van der Waals surface area contributed by atoms with Crippen LogP contribution in [0.25, 0.3) is 11.2 Å². The summed E-state index contributed by atoms with van der Waals surface area (Å²) in [5.74, 6) is 0.225. The van der Waals surface area contributed by atoms with Gasteiger partial charge in [-0.1, -0.05) is 27.7 Å². The van der Waals surface area contributed by atoms with Crippen LogP contribution in [0.5, 0.6) is 0 Å². The van der Waals surface area contributed by atoms with Gasteiger partial charge < -0.3 is 9.67 Å². The third-order valence-corrected chi connectivity index (χ3v) is 6.54. The van der Waals surface area contributed by atoms with Gasteiger partial charge in [0.05, 0.1) is 18.5 Å². The maximum Gasteiger partial charge on any atom is 0.280 e. The van der Waals surface area contributed by atoms with Crippen molar-refractivity contribution in [1.82, 2.24) is 19.5 Å². The number of anilines is 1. The zero-order valence-corrected chi connectivity index (χ0v) is 15.5. The van der Waals surface area contributed by atoms with Crippen molar-refractivity contribution in [3.05, 3.63) is 16.7 Å². The van der Waals surface area contributed by atoms with E-state index in [1.165, 1.54) is 0 Å². The molecule has 2 aliphatic rings. The van der Waals surface area contributed by atoms with E-state index in [1.54, 1.807) is 20.2 Å². The van der Waals surface area contributed by atoms with Crippen molar-refractivity contribution in [3.8, 4) is 0 Å². The lowest BCUT2D eigenvalue weighted by atomic mass is 9.88. The molecule has 2 heterocycles. The molecule has 2 saturated carbocycles. The minimum atomic E-state index is -0.499. The summed E-state index contributed by atoms with van der Waals surface area (Å²) < 4.78 is 1.83. The molecule has 0 radical (unpaired) electrons. The van der Waals surface area contributed by atoms with Gasteiger partial charge in [0.2, 0.25) is 11.9 Å². The van der Waals surface area contributed by atoms with Gasteiger partial charge in [-0.3, -0.25) is 19.9 Å². The highest BCUT2D eigenvalue weighted by molar-refractivity contribution is 5.91. The number of H-pyrrole nitrogens is 1. The maximum atomic E-state index is 12.4. The molecule has 2 fully saturated rings. The van der Waals surface area contributed by atoms with Gasteiger partial charge in [-0.05, 0) is 30.1 Å². The summed E-state index contributed by atoms with van der Waals surface area (Å²) in [7, 11) is 0. The summed E-state index contributed by atoms with van der Waals surface area (Å²) in [6, 6.07) is -0.141. The molecule has 2 aromatic rings. The van der Waals surface area contributed by atoms with Crippen LogP contribution in [0.1, 0.15) is 46.6 Å². The molecule has 26 heavy (non-hydrogen) atoms. The van der Waals surface area contributed by atoms with Crippen LogP contribution in [0, 0.1) is 23.2 Å². The number of carbonyl (C=O) groups excluding carboxylic acids is 1. The van der Waals surface area contributed by atoms with Gasteiger partial charge in [0.25, 0.3) is 5.56 Å². The highest BCUT2D eigenvalue weighted by Gasteiger charge is 2.68. The molecule has 5 atom stereocenters. The Morgan fingerprint density at radius 2 is 2.27 bits per heavy atom. The Morgan fingerprint density at radius 1 is 1.54 bits per heavy atom. The number of amides is 1. The number of aromatic nitrogens is 4. The molecule has 0 saturated heterocycles. The largest absolute Gasteiger partial charge is 0.391 e. The SMILES string of the molecule is CC[C@]12C[C@@H]1[C@@H](n1cnc3c(=O)[nH]c(NC(=O)C(C)C)nc31)[C@H](O)[C@@H]2C. The Labute approximate surface area is 151 Å². The fraction of sp³-hybridized carbons (Fsp3) is 0.667. The first-order valence-electron chi connectivity index (χ1n) is 9.26. The number of carbonyl (C=O) groups is 1. The van der Waals surface area contributed by atoms with Crippen molar-refractivity contribution in [2.24, 2.45) is 23.2 Å². The normalized spacial score (nSPS) is 32.8. The van der Waals surface area contributed by atoms with Crippen LogP contribution in [0.3, 0.4) is 0 Å². The average molecular weight is 359 g/mol. The second kappa shape index (κ2) is 5.64. The number of rotatable bonds is 4. The quantitative estimate of drug-likeness (QED) is 0.769. The van der Waals surface area contributed by atoms with E-state index in [2.05, 4.69) is 34.1 Å². The molecule has 140 valence electrons. The lowest BCUT2D eigenvalue weighted by molar-refractivity contribution is -0.118. The lowest BCUT2D eigenvalue weighted by Crippen LogP contribution is -2.28. The van der Waals surface area contributed by atoms with Crippen molar-refractivity contribution in [3.63, 3.8) is 0 Å². The number of nitrogens with one attached hydrogen (secondary N) is 2. The zero-order chi connectivity index (χ0) is 18.8. The number of nitrogens with zero attached hydrogens (tertiary/aromatic N) is 3. The molecular formula is C18H25N5O3. The number of aromatic amines is 1. The molecule has 1 amide bonds. The minimum absolute atomic E-state index is 0.112. The number of hydrogen-bond donors (Lipinski definition) is 3. The Bertz CT molecular complexity index is 933. The van der Waals surface area contributed by atoms with Crippen LogP contribution in [0.2, 0.25) is 0 Å². The molecule has 2 aromatic heterocycles. The van der Waals surface area contributed by atoms with Crippen molar-refractivity contribution in [2.45, 2.75) is 52.7 Å². The van der Waals surface area contributed by atoms with E-state index in [4.69, 9.17) is 0 Å². The molecule has 4 rings (SSSR count). The van der Waals surface area contributed by atoms with E-state index in [0.29, 0.717) is 11.6 Å². The number of hydrogen-bond acceptors (Lipinski definition) is 5. The van der Waals surface area contributed by atoms with Gasteiger partial charge in [0.1, 0.15) is 0 Å². The number of fused-ring (bicyclic) bond motifs is 2. The first-order valence-corrected chi connectivity index (χ1v) is 9.26. The molecule has 0 aromatic carbocycles. The summed E-state index contributed by atoms with van der Waals surface area (Å²) >= 11 is 0. The summed E-state index contributed by atoms with van der Waals surface area (Å²) in [5, 5.41) is 13.4. The van der Waals surface area contributed by atoms with E-state index in [9.17, 15) is 14.7 Å². The van der Waals surface area contributed by atoms with E-state index < -0.39 is 11.7 Å². The predicted molar refractivity (Wildman–Crippen MR) is 96.7 cm³/mol. The van der Waals surface area contributed by atoms with E-state index in [0.717, 1.165) is 12.8 Å². The Hall–Kier alpha value is -2.22. The first kappa shape index (κ1) is 17.2. The highest BCUT2D eigenvalue weighted by atomic mass is 16.3. The molecule has 8 nitrogen and oxygen atoms in total. The Balaban J connectivity index is 1.76. The molecule has 3 N–H and O–H groups in total. The average Bonchev–Trinajstić information content (AvgIpc) is 3.11. The number of imidazole rings is 1. The molecule has 8 heteroatoms. The molecule has 0 spiro atoms. The first-order chi connectivity index (χ1) is 12.3. The van der Waals surface area contributed by atoms with Crippen LogP contribution < -0.4 is 10.9 Å². The van der Waals surface area contributed by atoms with Crippen LogP contribution in [-0.4, -0.2) is 36.6 Å². The topological polar surface area (TPSA) is 113 Å². The number of aliphatic hydroxyl groups excluding tert-OH is 1. The lowest BCUT2D eigenvalue weighted by Gasteiger charge is -2.24. The Morgan fingerprint density at radius 3 is 2.88 bits per heavy atom. The van der Waals surface area contributed by atoms with Gasteiger partial charge in [-0.25, -0.2) is 4.98 Å². The van der Waals surface area contributed by atoms with Gasteiger partial charge in [-0.2, -0.15) is 4.98 Å². The van der Waals surface area contributed by atoms with Crippen molar-refractivity contribution >= 4 is 23.0 Å². The van der Waals surface area contributed by atoms with Gasteiger partial charge in [-0.15, -0.1) is 0 Å². The van der Waals surface area contributed by atoms with Crippen molar-refractivity contribution in [2.75, 3.05) is 5.32 Å². The standard InChI is InChI=1S/C18H25N5O3/c1-5-18-6-10(18)12(13(24)9(18)4)23-7-19-11-14(23)20-17(22-16(11)26)21-15(25)8(2)3/h7-10,12-13,24H,5-6H2,1-4H3,(H2,20,21,22,25,26)/t9-,10+,12+,13+,18+/m0/s1. The van der Waals surface area contributed by atoms with Crippen LogP contribution in [0.4, 0.5) is 5.95 Å². The van der Waals surface area contributed by atoms with Gasteiger partial charge in [0, 0.05) is 5.92 Å². The Kier molecular flexibility index (Phi) is 3.73. The summed E-state index contributed by atoms with van der Waals surface area (Å²) in [6.07, 6.45) is 3.20. The molecule has 0 bridgehead atoms.